The van der Waals surface area contributed by atoms with Crippen LogP contribution < -0.4 is 21.7 Å². The number of carbonyl (C=O) groups is 1. The lowest BCUT2D eigenvalue weighted by Crippen LogP contribution is -2.33. The first-order valence-electron chi connectivity index (χ1n) is 11.4. The van der Waals surface area contributed by atoms with Crippen molar-refractivity contribution in [1.82, 2.24) is 19.6 Å². The minimum Gasteiger partial charge on any atom is -0.383 e. The van der Waals surface area contributed by atoms with Crippen LogP contribution in [0.4, 0.5) is 17.2 Å². The molecule has 1 aliphatic carbocycles. The summed E-state index contributed by atoms with van der Waals surface area (Å²) in [6.45, 7) is 2.66. The van der Waals surface area contributed by atoms with Gasteiger partial charge in [0.15, 0.2) is 11.3 Å². The Hall–Kier alpha value is -3.24. The number of carbonyl (C=O) groups excluding carboxylic acids is 1. The van der Waals surface area contributed by atoms with Crippen LogP contribution in [0.2, 0.25) is 0 Å². The fourth-order valence-electron chi connectivity index (χ4n) is 4.09. The van der Waals surface area contributed by atoms with E-state index < -0.39 is 0 Å². The Kier molecular flexibility index (Phi) is 7.36. The van der Waals surface area contributed by atoms with Crippen LogP contribution in [0.5, 0.6) is 0 Å². The van der Waals surface area contributed by atoms with E-state index in [1.807, 2.05) is 6.07 Å². The Labute approximate surface area is 193 Å². The molecule has 4 rings (SSSR count). The lowest BCUT2D eigenvalue weighted by molar-refractivity contribution is 0.102. The van der Waals surface area contributed by atoms with Crippen molar-refractivity contribution in [3.05, 3.63) is 42.5 Å². The number of hydrogen-bond acceptors (Lipinski definition) is 8. The highest BCUT2D eigenvalue weighted by atomic mass is 16.5. The zero-order chi connectivity index (χ0) is 23.2. The van der Waals surface area contributed by atoms with Gasteiger partial charge in [0.05, 0.1) is 18.5 Å². The van der Waals surface area contributed by atoms with Crippen LogP contribution >= 0.6 is 0 Å². The van der Waals surface area contributed by atoms with Gasteiger partial charge in [-0.25, -0.2) is 9.50 Å². The maximum atomic E-state index is 13.0. The van der Waals surface area contributed by atoms with E-state index in [2.05, 4.69) is 32.8 Å². The zero-order valence-corrected chi connectivity index (χ0v) is 19.1. The molecular formula is C23H32N8O2. The van der Waals surface area contributed by atoms with E-state index in [-0.39, 0.29) is 18.0 Å². The number of amides is 1. The second kappa shape index (κ2) is 10.6. The summed E-state index contributed by atoms with van der Waals surface area (Å²) in [5.74, 6) is 0.394. The molecule has 0 aromatic carbocycles. The van der Waals surface area contributed by atoms with E-state index in [0.717, 1.165) is 37.8 Å². The van der Waals surface area contributed by atoms with Gasteiger partial charge < -0.3 is 26.4 Å². The van der Waals surface area contributed by atoms with Gasteiger partial charge in [-0.2, -0.15) is 0 Å². The fraction of sp³-hybridized carbons (Fsp3) is 0.478. The summed E-state index contributed by atoms with van der Waals surface area (Å²) in [7, 11) is 1.68. The van der Waals surface area contributed by atoms with E-state index >= 15 is 0 Å². The highest BCUT2D eigenvalue weighted by Gasteiger charge is 2.22. The van der Waals surface area contributed by atoms with Crippen molar-refractivity contribution in [2.45, 2.75) is 57.2 Å². The first kappa shape index (κ1) is 22.9. The molecule has 1 aliphatic rings. The van der Waals surface area contributed by atoms with Crippen LogP contribution in [-0.4, -0.2) is 57.3 Å². The van der Waals surface area contributed by atoms with Crippen molar-refractivity contribution in [3.63, 3.8) is 0 Å². The van der Waals surface area contributed by atoms with Crippen molar-refractivity contribution < 1.29 is 9.53 Å². The van der Waals surface area contributed by atoms with Crippen LogP contribution in [0, 0.1) is 0 Å². The summed E-state index contributed by atoms with van der Waals surface area (Å²) in [5, 5.41) is 14.6. The maximum Gasteiger partial charge on any atom is 0.276 e. The Morgan fingerprint density at radius 1 is 1.27 bits per heavy atom. The van der Waals surface area contributed by atoms with Gasteiger partial charge in [0.25, 0.3) is 5.91 Å². The van der Waals surface area contributed by atoms with Crippen molar-refractivity contribution in [3.8, 4) is 0 Å². The molecule has 1 amide bonds. The third kappa shape index (κ3) is 5.58. The van der Waals surface area contributed by atoms with E-state index in [4.69, 9.17) is 15.6 Å². The molecule has 0 bridgehead atoms. The number of nitrogens with zero attached hydrogens (tertiary/aromatic N) is 4. The molecule has 0 radical (unpaired) electrons. The number of rotatable bonds is 9. The van der Waals surface area contributed by atoms with E-state index in [0.29, 0.717) is 35.5 Å². The maximum absolute atomic E-state index is 13.0. The Bertz CT molecular complexity index is 1060. The third-order valence-electron chi connectivity index (χ3n) is 5.98. The van der Waals surface area contributed by atoms with Crippen LogP contribution in [0.1, 0.15) is 49.5 Å². The highest BCUT2D eigenvalue weighted by molar-refractivity contribution is 6.03. The minimum atomic E-state index is -0.295. The number of pyridine rings is 1. The van der Waals surface area contributed by atoms with E-state index in [9.17, 15) is 4.79 Å². The van der Waals surface area contributed by atoms with Crippen molar-refractivity contribution >= 4 is 28.7 Å². The van der Waals surface area contributed by atoms with E-state index in [1.165, 1.54) is 0 Å². The molecule has 1 atom stereocenters. The smallest absolute Gasteiger partial charge is 0.276 e. The SMILES string of the molecule is CCC(COC)Nc1cc(NC2CCC(N)CC2)nn2c(C(=O)Nc3ccncc3)cnc12. The van der Waals surface area contributed by atoms with Crippen LogP contribution in [0.25, 0.3) is 5.65 Å². The molecule has 1 fully saturated rings. The molecule has 33 heavy (non-hydrogen) atoms. The summed E-state index contributed by atoms with van der Waals surface area (Å²) in [4.78, 5) is 21.5. The molecule has 1 saturated carbocycles. The number of methoxy groups -OCH3 is 1. The Balaban J connectivity index is 1.66. The van der Waals surface area contributed by atoms with Gasteiger partial charge in [-0.3, -0.25) is 9.78 Å². The fourth-order valence-corrected chi connectivity index (χ4v) is 4.09. The molecule has 3 heterocycles. The van der Waals surface area contributed by atoms with Gasteiger partial charge in [-0.15, -0.1) is 5.10 Å². The lowest BCUT2D eigenvalue weighted by atomic mass is 9.92. The average Bonchev–Trinajstić information content (AvgIpc) is 3.25. The summed E-state index contributed by atoms with van der Waals surface area (Å²) in [5.41, 5.74) is 8.45. The van der Waals surface area contributed by atoms with Gasteiger partial charge in [0.2, 0.25) is 0 Å². The Morgan fingerprint density at radius 3 is 2.73 bits per heavy atom. The van der Waals surface area contributed by atoms with Crippen LogP contribution in [-0.2, 0) is 4.74 Å². The molecule has 0 aliphatic heterocycles. The second-order valence-electron chi connectivity index (χ2n) is 8.47. The summed E-state index contributed by atoms with van der Waals surface area (Å²) < 4.78 is 6.94. The van der Waals surface area contributed by atoms with Crippen LogP contribution in [0.3, 0.4) is 0 Å². The molecule has 0 spiro atoms. The van der Waals surface area contributed by atoms with Gasteiger partial charge in [0, 0.05) is 49.4 Å². The first-order valence-corrected chi connectivity index (χ1v) is 11.4. The summed E-state index contributed by atoms with van der Waals surface area (Å²) in [6.07, 6.45) is 9.63. The lowest BCUT2D eigenvalue weighted by Gasteiger charge is -2.27. The molecule has 3 aromatic heterocycles. The van der Waals surface area contributed by atoms with Crippen LogP contribution in [0.15, 0.2) is 36.8 Å². The quantitative estimate of drug-likeness (QED) is 0.390. The van der Waals surface area contributed by atoms with Crippen molar-refractivity contribution in [2.75, 3.05) is 29.7 Å². The molecule has 176 valence electrons. The Morgan fingerprint density at radius 2 is 2.03 bits per heavy atom. The monoisotopic (exact) mass is 452 g/mol. The number of hydrogen-bond donors (Lipinski definition) is 4. The third-order valence-corrected chi connectivity index (χ3v) is 5.98. The minimum absolute atomic E-state index is 0.104. The molecular weight excluding hydrogens is 420 g/mol. The molecule has 1 unspecified atom stereocenters. The molecule has 10 heteroatoms. The molecule has 3 aromatic rings. The number of aromatic nitrogens is 4. The second-order valence-corrected chi connectivity index (χ2v) is 8.47. The van der Waals surface area contributed by atoms with Crippen molar-refractivity contribution in [1.29, 1.82) is 0 Å². The number of ether oxygens (including phenoxy) is 1. The van der Waals surface area contributed by atoms with Gasteiger partial charge in [-0.05, 0) is 44.2 Å². The molecule has 5 N–H and O–H groups in total. The predicted molar refractivity (Wildman–Crippen MR) is 129 cm³/mol. The number of fused-ring (bicyclic) bond motifs is 1. The summed E-state index contributed by atoms with van der Waals surface area (Å²) in [6, 6.07) is 6.10. The zero-order valence-electron chi connectivity index (χ0n) is 19.1. The molecule has 0 saturated heterocycles. The number of imidazole rings is 1. The highest BCUT2D eigenvalue weighted by Crippen LogP contribution is 2.25. The predicted octanol–water partition coefficient (Wildman–Crippen LogP) is 2.90. The standard InChI is InChI=1S/C23H32N8O2/c1-3-16(14-33-2)27-19-12-21(28-17-6-4-15(24)5-7-17)30-31-20(13-26-22(19)31)23(32)29-18-8-10-25-11-9-18/h8-13,15-17,27H,3-7,14,24H2,1-2H3,(H,28,30)(H,25,29,32). The number of nitrogens with one attached hydrogen (secondary N) is 3. The van der Waals surface area contributed by atoms with Gasteiger partial charge in [0.1, 0.15) is 5.82 Å². The topological polar surface area (TPSA) is 131 Å². The van der Waals surface area contributed by atoms with E-state index in [1.54, 1.807) is 42.3 Å². The first-order chi connectivity index (χ1) is 16.1. The normalized spacial score (nSPS) is 19.2. The molecule has 10 nitrogen and oxygen atoms in total. The number of nitrogens with two attached hydrogens (primary N) is 1. The average molecular weight is 453 g/mol. The van der Waals surface area contributed by atoms with Crippen molar-refractivity contribution in [2.24, 2.45) is 5.73 Å². The summed E-state index contributed by atoms with van der Waals surface area (Å²) >= 11 is 0. The largest absolute Gasteiger partial charge is 0.383 e. The van der Waals surface area contributed by atoms with Gasteiger partial charge >= 0.3 is 0 Å². The van der Waals surface area contributed by atoms with Gasteiger partial charge in [-0.1, -0.05) is 6.92 Å². The number of anilines is 3.